The molecule has 2 N–H and O–H groups in total. The molecule has 2 aromatic heterocycles. The second-order valence-corrected chi connectivity index (χ2v) is 8.89. The molecule has 0 saturated carbocycles. The van der Waals surface area contributed by atoms with Crippen molar-refractivity contribution in [3.8, 4) is 5.75 Å². The number of ether oxygens (including phenoxy) is 1. The molecule has 10 heteroatoms. The molecule has 3 amide bonds. The Kier molecular flexibility index (Phi) is 9.03. The van der Waals surface area contributed by atoms with Gasteiger partial charge in [-0.1, -0.05) is 41.6 Å². The Morgan fingerprint density at radius 3 is 2.45 bits per heavy atom. The van der Waals surface area contributed by atoms with Crippen molar-refractivity contribution < 1.29 is 23.6 Å². The summed E-state index contributed by atoms with van der Waals surface area (Å²) in [5.41, 5.74) is 2.64. The Hall–Kier alpha value is -5.25. The highest BCUT2D eigenvalue weighted by molar-refractivity contribution is 6.10. The third-order valence-corrected chi connectivity index (χ3v) is 6.00. The smallest absolute Gasteiger partial charge is 0.252 e. The van der Waals surface area contributed by atoms with Crippen LogP contribution in [0.3, 0.4) is 0 Å². The second kappa shape index (κ2) is 13.0. The fourth-order valence-corrected chi connectivity index (χ4v) is 4.02. The van der Waals surface area contributed by atoms with E-state index < -0.39 is 23.8 Å². The summed E-state index contributed by atoms with van der Waals surface area (Å²) < 4.78 is 10.2. The van der Waals surface area contributed by atoms with Crippen LogP contribution in [0.4, 0.5) is 11.5 Å². The first-order valence-electron chi connectivity index (χ1n) is 12.5. The zero-order valence-electron chi connectivity index (χ0n) is 22.3. The molecule has 4 rings (SSSR count). The van der Waals surface area contributed by atoms with Crippen LogP contribution in [0, 0.1) is 13.8 Å². The summed E-state index contributed by atoms with van der Waals surface area (Å²) in [7, 11) is 1.58. The number of anilines is 2. The molecular weight excluding hydrogens is 510 g/mol. The van der Waals surface area contributed by atoms with Crippen LogP contribution in [0.15, 0.2) is 95.8 Å². The van der Waals surface area contributed by atoms with E-state index in [4.69, 9.17) is 9.26 Å². The van der Waals surface area contributed by atoms with Gasteiger partial charge in [-0.15, -0.1) is 0 Å². The highest BCUT2D eigenvalue weighted by Crippen LogP contribution is 2.30. The Bertz CT molecular complexity index is 1500. The average molecular weight is 540 g/mol. The molecule has 2 heterocycles. The zero-order chi connectivity index (χ0) is 28.5. The zero-order valence-corrected chi connectivity index (χ0v) is 22.3. The maximum atomic E-state index is 13.8. The minimum atomic E-state index is -1.08. The number of aryl methyl sites for hydroxylation is 2. The third-order valence-electron chi connectivity index (χ3n) is 6.00. The van der Waals surface area contributed by atoms with E-state index in [0.29, 0.717) is 22.8 Å². The van der Waals surface area contributed by atoms with Crippen molar-refractivity contribution >= 4 is 29.2 Å². The molecule has 0 spiro atoms. The van der Waals surface area contributed by atoms with E-state index in [-0.39, 0.29) is 12.4 Å². The Balaban J connectivity index is 1.65. The van der Waals surface area contributed by atoms with Crippen molar-refractivity contribution in [3.63, 3.8) is 0 Å². The first-order chi connectivity index (χ1) is 19.4. The summed E-state index contributed by atoms with van der Waals surface area (Å²) in [5.74, 6) is -0.115. The Morgan fingerprint density at radius 1 is 1.02 bits per heavy atom. The van der Waals surface area contributed by atoms with Gasteiger partial charge in [0.25, 0.3) is 5.91 Å². The number of hydrogen-bond acceptors (Lipinski definition) is 7. The topological polar surface area (TPSA) is 127 Å². The number of para-hydroxylation sites is 1. The van der Waals surface area contributed by atoms with Gasteiger partial charge in [0.2, 0.25) is 11.8 Å². The van der Waals surface area contributed by atoms with E-state index >= 15 is 0 Å². The fourth-order valence-electron chi connectivity index (χ4n) is 4.02. The lowest BCUT2D eigenvalue weighted by Gasteiger charge is -2.31. The number of carbonyl (C=O) groups excluding carboxylic acids is 3. The van der Waals surface area contributed by atoms with E-state index in [2.05, 4.69) is 20.8 Å². The van der Waals surface area contributed by atoms with Crippen molar-refractivity contribution in [1.82, 2.24) is 15.5 Å². The summed E-state index contributed by atoms with van der Waals surface area (Å²) in [5, 5.41) is 9.20. The molecule has 4 aromatic rings. The number of amides is 3. The minimum Gasteiger partial charge on any atom is -0.497 e. The minimum absolute atomic E-state index is 0.224. The van der Waals surface area contributed by atoms with Crippen molar-refractivity contribution in [3.05, 3.63) is 114 Å². The molecule has 0 aliphatic heterocycles. The van der Waals surface area contributed by atoms with Gasteiger partial charge in [0.05, 0.1) is 7.11 Å². The lowest BCUT2D eigenvalue weighted by atomic mass is 10.0. The van der Waals surface area contributed by atoms with E-state index in [1.807, 2.05) is 31.2 Å². The van der Waals surface area contributed by atoms with Gasteiger partial charge in [0.15, 0.2) is 5.82 Å². The van der Waals surface area contributed by atoms with Gasteiger partial charge in [-0.2, -0.15) is 0 Å². The van der Waals surface area contributed by atoms with Gasteiger partial charge in [-0.3, -0.25) is 24.3 Å². The number of carbonyl (C=O) groups is 3. The van der Waals surface area contributed by atoms with E-state index in [9.17, 15) is 14.4 Å². The Labute approximate surface area is 231 Å². The predicted molar refractivity (Wildman–Crippen MR) is 149 cm³/mol. The van der Waals surface area contributed by atoms with Gasteiger partial charge in [-0.25, -0.2) is 0 Å². The standard InChI is InChI=1S/C30H29N5O5/c1-20-7-4-5-9-25(20)35(28(37)15-14-27(36)33-26-17-21(2)40-34-26)29(23-8-6-16-31-19-23)30(38)32-18-22-10-12-24(39-3)13-11-22/h4-17,19,29H,18H2,1-3H3,(H,32,38)(H,33,34,36)/b15-14+/t29-/m1/s1. The first-order valence-corrected chi connectivity index (χ1v) is 12.5. The van der Waals surface area contributed by atoms with Crippen molar-refractivity contribution in [2.75, 3.05) is 17.3 Å². The summed E-state index contributed by atoms with van der Waals surface area (Å²) in [4.78, 5) is 45.5. The van der Waals surface area contributed by atoms with Crippen LogP contribution in [0.5, 0.6) is 5.75 Å². The Morgan fingerprint density at radius 2 is 1.80 bits per heavy atom. The van der Waals surface area contributed by atoms with Gasteiger partial charge >= 0.3 is 0 Å². The molecule has 0 unspecified atom stereocenters. The summed E-state index contributed by atoms with van der Waals surface area (Å²) >= 11 is 0. The lowest BCUT2D eigenvalue weighted by Crippen LogP contribution is -2.43. The van der Waals surface area contributed by atoms with Crippen LogP contribution in [-0.4, -0.2) is 35.0 Å². The van der Waals surface area contributed by atoms with Crippen molar-refractivity contribution in [2.45, 2.75) is 26.4 Å². The van der Waals surface area contributed by atoms with Crippen LogP contribution in [0.25, 0.3) is 0 Å². The van der Waals surface area contributed by atoms with Gasteiger partial charge < -0.3 is 19.9 Å². The molecule has 10 nitrogen and oxygen atoms in total. The van der Waals surface area contributed by atoms with Gasteiger partial charge in [0.1, 0.15) is 17.6 Å². The number of nitrogens with one attached hydrogen (secondary N) is 2. The second-order valence-electron chi connectivity index (χ2n) is 8.89. The van der Waals surface area contributed by atoms with Crippen molar-refractivity contribution in [2.24, 2.45) is 0 Å². The summed E-state index contributed by atoms with van der Waals surface area (Å²) in [6.07, 6.45) is 5.34. The van der Waals surface area contributed by atoms with Crippen LogP contribution in [0.1, 0.15) is 28.5 Å². The number of pyridine rings is 1. The highest BCUT2D eigenvalue weighted by Gasteiger charge is 2.33. The number of aromatic nitrogens is 2. The quantitative estimate of drug-likeness (QED) is 0.288. The number of hydrogen-bond donors (Lipinski definition) is 2. The van der Waals surface area contributed by atoms with Crippen LogP contribution < -0.4 is 20.3 Å². The first kappa shape index (κ1) is 27.8. The molecule has 0 aliphatic carbocycles. The maximum absolute atomic E-state index is 13.8. The molecule has 0 fully saturated rings. The number of nitrogens with zero attached hydrogens (tertiary/aromatic N) is 3. The van der Waals surface area contributed by atoms with Crippen LogP contribution in [0.2, 0.25) is 0 Å². The van der Waals surface area contributed by atoms with E-state index in [1.54, 1.807) is 68.9 Å². The van der Waals surface area contributed by atoms with E-state index in [0.717, 1.165) is 23.3 Å². The SMILES string of the molecule is COc1ccc(CNC(=O)[C@@H](c2cccnc2)N(C(=O)/C=C/C(=O)Nc2cc(C)on2)c2ccccc2C)cc1. The number of methoxy groups -OCH3 is 1. The molecule has 0 bridgehead atoms. The normalized spacial score (nSPS) is 11.6. The molecule has 204 valence electrons. The van der Waals surface area contributed by atoms with E-state index in [1.165, 1.54) is 4.90 Å². The largest absolute Gasteiger partial charge is 0.497 e. The molecule has 1 atom stereocenters. The predicted octanol–water partition coefficient (Wildman–Crippen LogP) is 4.28. The molecule has 40 heavy (non-hydrogen) atoms. The molecule has 0 saturated heterocycles. The average Bonchev–Trinajstić information content (AvgIpc) is 3.38. The molecule has 2 aromatic carbocycles. The fraction of sp³-hybridized carbons (Fsp3) is 0.167. The highest BCUT2D eigenvalue weighted by atomic mass is 16.5. The number of rotatable bonds is 10. The number of benzene rings is 2. The summed E-state index contributed by atoms with van der Waals surface area (Å²) in [6, 6.07) is 18.4. The van der Waals surface area contributed by atoms with Gasteiger partial charge in [-0.05, 0) is 49.2 Å². The molecule has 0 radical (unpaired) electrons. The van der Waals surface area contributed by atoms with Crippen LogP contribution >= 0.6 is 0 Å². The molecule has 0 aliphatic rings. The van der Waals surface area contributed by atoms with Crippen LogP contribution in [-0.2, 0) is 20.9 Å². The molecular formula is C30H29N5O5. The van der Waals surface area contributed by atoms with Gasteiger partial charge in [0, 0.05) is 48.4 Å². The monoisotopic (exact) mass is 539 g/mol. The lowest BCUT2D eigenvalue weighted by molar-refractivity contribution is -0.125. The third kappa shape index (κ3) is 6.98. The van der Waals surface area contributed by atoms with Crippen molar-refractivity contribution in [1.29, 1.82) is 0 Å². The summed E-state index contributed by atoms with van der Waals surface area (Å²) in [6.45, 7) is 3.76. The maximum Gasteiger partial charge on any atom is 0.252 e.